The van der Waals surface area contributed by atoms with E-state index in [-0.39, 0.29) is 6.47 Å². The van der Waals surface area contributed by atoms with Crippen LogP contribution in [0.5, 0.6) is 0 Å². The van der Waals surface area contributed by atoms with Gasteiger partial charge in [0, 0.05) is 0 Å². The van der Waals surface area contributed by atoms with E-state index in [2.05, 4.69) is 14.4 Å². The zero-order chi connectivity index (χ0) is 11.0. The Bertz CT molecular complexity index is 199. The van der Waals surface area contributed by atoms with Crippen LogP contribution in [0.3, 0.4) is 0 Å². The summed E-state index contributed by atoms with van der Waals surface area (Å²) in [6, 6.07) is 0. The smallest absolute Gasteiger partial charge is 0.294 e. The molecule has 14 heavy (non-hydrogen) atoms. The lowest BCUT2D eigenvalue weighted by Crippen LogP contribution is -2.27. The molecule has 0 fully saturated rings. The second-order valence-corrected chi connectivity index (χ2v) is 1.89. The predicted molar refractivity (Wildman–Crippen MR) is 36.8 cm³/mol. The molecule has 0 aliphatic carbocycles. The topological polar surface area (TPSA) is 131 Å². The molecule has 0 heterocycles. The van der Waals surface area contributed by atoms with Crippen LogP contribution in [0, 0.1) is 20.2 Å². The number of nitrogens with zero attached hydrogens (tertiary/aromatic N) is 2. The van der Waals surface area contributed by atoms with Crippen LogP contribution in [0.15, 0.2) is 0 Å². The maximum absolute atomic E-state index is 9.83. The third kappa shape index (κ3) is 6.57. The van der Waals surface area contributed by atoms with Crippen LogP contribution in [0.2, 0.25) is 0 Å². The van der Waals surface area contributed by atoms with Gasteiger partial charge in [-0.2, -0.15) is 0 Å². The lowest BCUT2D eigenvalue weighted by molar-refractivity contribution is -0.768. The van der Waals surface area contributed by atoms with E-state index >= 15 is 0 Å². The van der Waals surface area contributed by atoms with Crippen molar-refractivity contribution < 1.29 is 29.4 Å². The average Bonchev–Trinajstić information content (AvgIpc) is 2.09. The minimum absolute atomic E-state index is 0.0166. The molecule has 0 radical (unpaired) electrons. The van der Waals surface area contributed by atoms with Gasteiger partial charge in [0.15, 0.2) is 0 Å². The van der Waals surface area contributed by atoms with Gasteiger partial charge in [-0.1, -0.05) is 0 Å². The van der Waals surface area contributed by atoms with E-state index in [1.807, 2.05) is 0 Å². The summed E-state index contributed by atoms with van der Waals surface area (Å²) < 4.78 is 4.20. The molecule has 0 atom stereocenters. The third-order valence-electron chi connectivity index (χ3n) is 0.980. The minimum atomic E-state index is -1.19. The van der Waals surface area contributed by atoms with Crippen LogP contribution in [0.25, 0.3) is 0 Å². The molecule has 0 spiro atoms. The highest BCUT2D eigenvalue weighted by Gasteiger charge is 2.13. The van der Waals surface area contributed by atoms with Crippen LogP contribution in [0.1, 0.15) is 0 Å². The van der Waals surface area contributed by atoms with Crippen molar-refractivity contribution in [3.05, 3.63) is 20.2 Å². The summed E-state index contributed by atoms with van der Waals surface area (Å²) in [4.78, 5) is 36.9. The van der Waals surface area contributed by atoms with Crippen molar-refractivity contribution in [1.29, 1.82) is 0 Å². The van der Waals surface area contributed by atoms with E-state index in [9.17, 15) is 25.0 Å². The first-order chi connectivity index (χ1) is 6.56. The Kier molecular flexibility index (Phi) is 5.42. The summed E-state index contributed by atoms with van der Waals surface area (Å²) in [5, 5.41) is 17.2. The Hall–Kier alpha value is -2.13. The summed E-state index contributed by atoms with van der Waals surface area (Å²) >= 11 is 0. The number of hydrogen-bond acceptors (Lipinski definition) is 8. The molecule has 0 aliphatic rings. The van der Waals surface area contributed by atoms with Crippen molar-refractivity contribution in [1.82, 2.24) is 0 Å². The van der Waals surface area contributed by atoms with Crippen molar-refractivity contribution in [2.24, 2.45) is 0 Å². The van der Waals surface area contributed by atoms with Crippen LogP contribution >= 0.6 is 0 Å². The van der Waals surface area contributed by atoms with Crippen molar-refractivity contribution in [3.8, 4) is 0 Å². The SMILES string of the molecule is O=COC(CO[N+](=O)[O-])CO[N+](=O)[O-]. The van der Waals surface area contributed by atoms with Gasteiger partial charge in [0.1, 0.15) is 19.3 Å². The molecule has 0 aromatic heterocycles. The van der Waals surface area contributed by atoms with Crippen molar-refractivity contribution in [2.45, 2.75) is 6.10 Å². The Balaban J connectivity index is 3.81. The first-order valence-electron chi connectivity index (χ1n) is 3.20. The van der Waals surface area contributed by atoms with Gasteiger partial charge in [0.25, 0.3) is 16.6 Å². The first kappa shape index (κ1) is 11.9. The van der Waals surface area contributed by atoms with Crippen LogP contribution in [0.4, 0.5) is 0 Å². The maximum Gasteiger partial charge on any atom is 0.294 e. The summed E-state index contributed by atoms with van der Waals surface area (Å²) in [5.74, 6) is 0. The molecule has 0 saturated heterocycles. The van der Waals surface area contributed by atoms with Crippen molar-refractivity contribution in [3.63, 3.8) is 0 Å². The Labute approximate surface area is 76.6 Å². The van der Waals surface area contributed by atoms with Crippen molar-refractivity contribution in [2.75, 3.05) is 13.2 Å². The molecule has 0 unspecified atom stereocenters. The normalized spacial score (nSPS) is 9.21. The molecule has 0 aromatic carbocycles. The van der Waals surface area contributed by atoms with E-state index in [0.29, 0.717) is 0 Å². The van der Waals surface area contributed by atoms with Crippen LogP contribution < -0.4 is 0 Å². The zero-order valence-electron chi connectivity index (χ0n) is 6.73. The van der Waals surface area contributed by atoms with Crippen molar-refractivity contribution >= 4 is 6.47 Å². The molecule has 0 saturated carbocycles. The minimum Gasteiger partial charge on any atom is -0.460 e. The molecule has 10 heteroatoms. The highest BCUT2D eigenvalue weighted by Crippen LogP contribution is 1.93. The third-order valence-corrected chi connectivity index (χ3v) is 0.980. The lowest BCUT2D eigenvalue weighted by Gasteiger charge is -2.11. The van der Waals surface area contributed by atoms with Crippen LogP contribution in [-0.4, -0.2) is 36.0 Å². The quantitative estimate of drug-likeness (QED) is 0.281. The fraction of sp³-hybridized carbons (Fsp3) is 0.750. The first-order valence-corrected chi connectivity index (χ1v) is 3.20. The zero-order valence-corrected chi connectivity index (χ0v) is 6.73. The molecule has 0 aromatic rings. The van der Waals surface area contributed by atoms with E-state index in [1.165, 1.54) is 0 Å². The van der Waals surface area contributed by atoms with Gasteiger partial charge in [0.2, 0.25) is 0 Å². The molecule has 0 N–H and O–H groups in total. The van der Waals surface area contributed by atoms with E-state index in [4.69, 9.17) is 0 Å². The van der Waals surface area contributed by atoms with Gasteiger partial charge < -0.3 is 14.4 Å². The Morgan fingerprint density at radius 3 is 1.86 bits per heavy atom. The maximum atomic E-state index is 9.83. The average molecular weight is 210 g/mol. The second kappa shape index (κ2) is 6.39. The number of carbonyl (C=O) groups excluding carboxylic acids is 1. The summed E-state index contributed by atoms with van der Waals surface area (Å²) in [6.07, 6.45) is -1.19. The summed E-state index contributed by atoms with van der Waals surface area (Å²) in [6.45, 7) is -1.27. The lowest BCUT2D eigenvalue weighted by atomic mass is 10.4. The Morgan fingerprint density at radius 1 is 1.14 bits per heavy atom. The second-order valence-electron chi connectivity index (χ2n) is 1.89. The molecule has 80 valence electrons. The summed E-state index contributed by atoms with van der Waals surface area (Å²) in [5.41, 5.74) is 0. The van der Waals surface area contributed by atoms with Crippen LogP contribution in [-0.2, 0) is 19.2 Å². The van der Waals surface area contributed by atoms with Gasteiger partial charge in [-0.25, -0.2) is 0 Å². The standard InChI is InChI=1S/C4H6N2O8/c7-3-12-4(1-13-5(8)9)2-14-6(10)11/h3-4H,1-2H2. The fourth-order valence-corrected chi connectivity index (χ4v) is 0.493. The van der Waals surface area contributed by atoms with E-state index in [0.717, 1.165) is 0 Å². The highest BCUT2D eigenvalue weighted by molar-refractivity contribution is 5.37. The van der Waals surface area contributed by atoms with Gasteiger partial charge in [-0.3, -0.25) is 4.79 Å². The van der Waals surface area contributed by atoms with E-state index < -0.39 is 29.5 Å². The van der Waals surface area contributed by atoms with Gasteiger partial charge >= 0.3 is 0 Å². The molecular weight excluding hydrogens is 204 g/mol. The number of ether oxygens (including phenoxy) is 1. The molecule has 0 aliphatic heterocycles. The largest absolute Gasteiger partial charge is 0.460 e. The monoisotopic (exact) mass is 210 g/mol. The van der Waals surface area contributed by atoms with E-state index in [1.54, 1.807) is 0 Å². The van der Waals surface area contributed by atoms with Gasteiger partial charge in [-0.05, 0) is 0 Å². The molecule has 0 bridgehead atoms. The van der Waals surface area contributed by atoms with Gasteiger partial charge in [0.05, 0.1) is 0 Å². The fourth-order valence-electron chi connectivity index (χ4n) is 0.493. The highest BCUT2D eigenvalue weighted by atomic mass is 17.0. The molecular formula is C4H6N2O8. The predicted octanol–water partition coefficient (Wildman–Crippen LogP) is -1.06. The Morgan fingerprint density at radius 2 is 1.57 bits per heavy atom. The molecule has 10 nitrogen and oxygen atoms in total. The number of rotatable bonds is 8. The molecule has 0 amide bonds. The number of hydrogen-bond donors (Lipinski definition) is 0. The summed E-state index contributed by atoms with van der Waals surface area (Å²) in [7, 11) is 0. The van der Waals surface area contributed by atoms with Gasteiger partial charge in [-0.15, -0.1) is 20.2 Å². The molecule has 0 rings (SSSR count). The number of carbonyl (C=O) groups is 1.